The zero-order chi connectivity index (χ0) is 18.0. The van der Waals surface area contributed by atoms with Crippen LogP contribution in [0.4, 0.5) is 0 Å². The third-order valence-electron chi connectivity index (χ3n) is 4.34. The minimum absolute atomic E-state index is 0.0149. The van der Waals surface area contributed by atoms with Gasteiger partial charge in [0, 0.05) is 30.4 Å². The maximum Gasteiger partial charge on any atom is 0.259 e. The van der Waals surface area contributed by atoms with Crippen molar-refractivity contribution in [3.8, 4) is 5.75 Å². The van der Waals surface area contributed by atoms with Crippen molar-refractivity contribution in [3.63, 3.8) is 0 Å². The molecule has 0 fully saturated rings. The van der Waals surface area contributed by atoms with Crippen LogP contribution < -0.4 is 4.74 Å². The second kappa shape index (κ2) is 6.81. The van der Waals surface area contributed by atoms with Crippen molar-refractivity contribution in [2.45, 2.75) is 6.54 Å². The van der Waals surface area contributed by atoms with Crippen molar-refractivity contribution >= 4 is 17.5 Å². The van der Waals surface area contributed by atoms with Gasteiger partial charge in [-0.05, 0) is 23.8 Å². The Hall–Kier alpha value is -3.08. The number of carbonyl (C=O) groups is 2. The summed E-state index contributed by atoms with van der Waals surface area (Å²) < 4.78 is 5.13. The van der Waals surface area contributed by atoms with Crippen LogP contribution in [-0.2, 0) is 11.3 Å². The van der Waals surface area contributed by atoms with Gasteiger partial charge in [0.05, 0.1) is 7.11 Å². The summed E-state index contributed by atoms with van der Waals surface area (Å²) in [6.45, 7) is 4.41. The van der Waals surface area contributed by atoms with Gasteiger partial charge in [-0.3, -0.25) is 14.5 Å². The second-order valence-corrected chi connectivity index (χ2v) is 5.98. The van der Waals surface area contributed by atoms with Crippen LogP contribution in [0.1, 0.15) is 21.5 Å². The number of ether oxygens (including phenoxy) is 1. The molecule has 0 aliphatic carbocycles. The Morgan fingerprint density at radius 1 is 1.12 bits per heavy atom. The molecule has 0 saturated heterocycles. The van der Waals surface area contributed by atoms with E-state index in [9.17, 15) is 9.59 Å². The predicted molar refractivity (Wildman–Crippen MR) is 96.0 cm³/mol. The van der Waals surface area contributed by atoms with E-state index in [-0.39, 0.29) is 18.4 Å². The molecule has 5 nitrogen and oxygen atoms in total. The molecule has 1 aliphatic heterocycles. The SMILES string of the molecule is C=C1c2ccccc2C(=O)N1CC(=O)N(C)Cc1ccc(OC)cc1. The molecule has 0 saturated carbocycles. The van der Waals surface area contributed by atoms with Gasteiger partial charge in [-0.25, -0.2) is 0 Å². The number of hydrogen-bond donors (Lipinski definition) is 0. The van der Waals surface area contributed by atoms with E-state index in [1.807, 2.05) is 42.5 Å². The summed E-state index contributed by atoms with van der Waals surface area (Å²) in [6.07, 6.45) is 0. The monoisotopic (exact) mass is 336 g/mol. The molecule has 2 amide bonds. The van der Waals surface area contributed by atoms with E-state index in [1.165, 1.54) is 4.90 Å². The fourth-order valence-corrected chi connectivity index (χ4v) is 2.85. The highest BCUT2D eigenvalue weighted by Gasteiger charge is 2.32. The van der Waals surface area contributed by atoms with Crippen LogP contribution in [-0.4, -0.2) is 42.3 Å². The van der Waals surface area contributed by atoms with Crippen molar-refractivity contribution in [1.29, 1.82) is 0 Å². The van der Waals surface area contributed by atoms with E-state index >= 15 is 0 Å². The van der Waals surface area contributed by atoms with E-state index in [2.05, 4.69) is 6.58 Å². The van der Waals surface area contributed by atoms with Gasteiger partial charge in [0.1, 0.15) is 12.3 Å². The van der Waals surface area contributed by atoms with Gasteiger partial charge in [-0.15, -0.1) is 0 Å². The van der Waals surface area contributed by atoms with E-state index in [4.69, 9.17) is 4.74 Å². The van der Waals surface area contributed by atoms with Crippen LogP contribution >= 0.6 is 0 Å². The van der Waals surface area contributed by atoms with Crippen molar-refractivity contribution in [3.05, 3.63) is 71.8 Å². The molecule has 0 bridgehead atoms. The maximum atomic E-state index is 12.5. The maximum absolute atomic E-state index is 12.5. The quantitative estimate of drug-likeness (QED) is 0.844. The first-order valence-electron chi connectivity index (χ1n) is 7.98. The van der Waals surface area contributed by atoms with E-state index in [1.54, 1.807) is 25.1 Å². The average molecular weight is 336 g/mol. The minimum atomic E-state index is -0.174. The lowest BCUT2D eigenvalue weighted by Gasteiger charge is -2.22. The van der Waals surface area contributed by atoms with Crippen molar-refractivity contribution < 1.29 is 14.3 Å². The van der Waals surface area contributed by atoms with E-state index in [0.29, 0.717) is 17.8 Å². The molecule has 5 heteroatoms. The largest absolute Gasteiger partial charge is 0.497 e. The number of hydrogen-bond acceptors (Lipinski definition) is 3. The molecule has 2 aromatic rings. The molecule has 0 N–H and O–H groups in total. The van der Waals surface area contributed by atoms with Crippen molar-refractivity contribution in [2.24, 2.45) is 0 Å². The Labute approximate surface area is 147 Å². The molecular weight excluding hydrogens is 316 g/mol. The predicted octanol–water partition coefficient (Wildman–Crippen LogP) is 2.78. The lowest BCUT2D eigenvalue weighted by Crippen LogP contribution is -2.37. The summed E-state index contributed by atoms with van der Waals surface area (Å²) in [7, 11) is 3.34. The van der Waals surface area contributed by atoms with Gasteiger partial charge < -0.3 is 9.64 Å². The van der Waals surface area contributed by atoms with Crippen LogP contribution in [0, 0.1) is 0 Å². The van der Waals surface area contributed by atoms with E-state index < -0.39 is 0 Å². The first-order chi connectivity index (χ1) is 12.0. The summed E-state index contributed by atoms with van der Waals surface area (Å²) in [5.41, 5.74) is 2.95. The molecule has 3 rings (SSSR count). The zero-order valence-corrected chi connectivity index (χ0v) is 14.4. The highest BCUT2D eigenvalue weighted by molar-refractivity contribution is 6.10. The highest BCUT2D eigenvalue weighted by Crippen LogP contribution is 2.30. The summed E-state index contributed by atoms with van der Waals surface area (Å²) in [4.78, 5) is 28.1. The summed E-state index contributed by atoms with van der Waals surface area (Å²) in [5.74, 6) is 0.458. The lowest BCUT2D eigenvalue weighted by atomic mass is 10.1. The number of likely N-dealkylation sites (N-methyl/N-ethyl adjacent to an activating group) is 1. The Balaban J connectivity index is 1.66. The topological polar surface area (TPSA) is 49.9 Å². The normalized spacial score (nSPS) is 13.0. The number of fused-ring (bicyclic) bond motifs is 1. The zero-order valence-electron chi connectivity index (χ0n) is 14.4. The number of rotatable bonds is 5. The van der Waals surface area contributed by atoms with Gasteiger partial charge >= 0.3 is 0 Å². The molecule has 128 valence electrons. The molecule has 25 heavy (non-hydrogen) atoms. The van der Waals surface area contributed by atoms with Crippen LogP contribution in [0.2, 0.25) is 0 Å². The molecule has 0 aromatic heterocycles. The Morgan fingerprint density at radius 2 is 1.76 bits per heavy atom. The van der Waals surface area contributed by atoms with Crippen LogP contribution in [0.5, 0.6) is 5.75 Å². The number of methoxy groups -OCH3 is 1. The number of nitrogens with zero attached hydrogens (tertiary/aromatic N) is 2. The van der Waals surface area contributed by atoms with Crippen LogP contribution in [0.15, 0.2) is 55.1 Å². The Bertz CT molecular complexity index is 792. The molecule has 0 radical (unpaired) electrons. The second-order valence-electron chi connectivity index (χ2n) is 5.98. The summed E-state index contributed by atoms with van der Waals surface area (Å²) in [6, 6.07) is 14.8. The number of amides is 2. The third-order valence-corrected chi connectivity index (χ3v) is 4.34. The Kier molecular flexibility index (Phi) is 4.57. The molecule has 1 heterocycles. The average Bonchev–Trinajstić information content (AvgIpc) is 2.87. The van der Waals surface area contributed by atoms with Gasteiger partial charge in [-0.1, -0.05) is 36.9 Å². The summed E-state index contributed by atoms with van der Waals surface area (Å²) in [5, 5.41) is 0. The molecule has 2 aromatic carbocycles. The fraction of sp³-hybridized carbons (Fsp3) is 0.200. The smallest absolute Gasteiger partial charge is 0.259 e. The van der Waals surface area contributed by atoms with Crippen LogP contribution in [0.3, 0.4) is 0 Å². The molecule has 0 unspecified atom stereocenters. The number of benzene rings is 2. The Morgan fingerprint density at radius 3 is 2.36 bits per heavy atom. The van der Waals surface area contributed by atoms with Gasteiger partial charge in [0.2, 0.25) is 5.91 Å². The van der Waals surface area contributed by atoms with Gasteiger partial charge in [0.25, 0.3) is 5.91 Å². The summed E-state index contributed by atoms with van der Waals surface area (Å²) >= 11 is 0. The first-order valence-corrected chi connectivity index (χ1v) is 7.98. The molecule has 0 spiro atoms. The highest BCUT2D eigenvalue weighted by atomic mass is 16.5. The fourth-order valence-electron chi connectivity index (χ4n) is 2.85. The van der Waals surface area contributed by atoms with Gasteiger partial charge in [-0.2, -0.15) is 0 Å². The first kappa shape index (κ1) is 16.8. The van der Waals surface area contributed by atoms with E-state index in [0.717, 1.165) is 16.9 Å². The standard InChI is InChI=1S/C20H20N2O3/c1-14-17-6-4-5-7-18(17)20(24)22(14)13-19(23)21(2)12-15-8-10-16(25-3)11-9-15/h4-11H,1,12-13H2,2-3H3. The van der Waals surface area contributed by atoms with Crippen LogP contribution in [0.25, 0.3) is 5.70 Å². The molecule has 0 atom stereocenters. The lowest BCUT2D eigenvalue weighted by molar-refractivity contribution is -0.130. The molecule has 1 aliphatic rings. The third kappa shape index (κ3) is 3.26. The van der Waals surface area contributed by atoms with Gasteiger partial charge in [0.15, 0.2) is 0 Å². The molecular formula is C20H20N2O3. The van der Waals surface area contributed by atoms with Crippen molar-refractivity contribution in [2.75, 3.05) is 20.7 Å². The minimum Gasteiger partial charge on any atom is -0.497 e. The number of carbonyl (C=O) groups excluding carboxylic acids is 2. The van der Waals surface area contributed by atoms with Crippen molar-refractivity contribution in [1.82, 2.24) is 9.80 Å².